The standard InChI is InChI=1S/C19H11N/c20-12-16-7-3-6-15-10-17-8-13-4-1-2-5-14(13)9-18(17)11-19(15)16/h1-11H. The van der Waals surface area contributed by atoms with Gasteiger partial charge in [-0.25, -0.2) is 0 Å². The van der Waals surface area contributed by atoms with E-state index in [4.69, 9.17) is 0 Å². The van der Waals surface area contributed by atoms with E-state index in [9.17, 15) is 5.26 Å². The third-order valence-electron chi connectivity index (χ3n) is 3.82. The molecule has 0 unspecified atom stereocenters. The third kappa shape index (κ3) is 1.56. The molecule has 0 atom stereocenters. The number of nitrogens with zero attached hydrogens (tertiary/aromatic N) is 1. The molecule has 1 nitrogen and oxygen atoms in total. The van der Waals surface area contributed by atoms with E-state index in [2.05, 4.69) is 60.7 Å². The molecule has 4 aromatic rings. The number of fused-ring (bicyclic) bond motifs is 3. The Labute approximate surface area is 116 Å². The van der Waals surface area contributed by atoms with E-state index in [0.717, 1.165) is 16.3 Å². The fraction of sp³-hybridized carbons (Fsp3) is 0. The smallest absolute Gasteiger partial charge is 0.0998 e. The van der Waals surface area contributed by atoms with Crippen LogP contribution in [0.1, 0.15) is 5.56 Å². The van der Waals surface area contributed by atoms with Crippen LogP contribution < -0.4 is 0 Å². The van der Waals surface area contributed by atoms with E-state index in [-0.39, 0.29) is 0 Å². The van der Waals surface area contributed by atoms with Crippen molar-refractivity contribution in [2.45, 2.75) is 0 Å². The monoisotopic (exact) mass is 253 g/mol. The topological polar surface area (TPSA) is 23.8 Å². The van der Waals surface area contributed by atoms with Gasteiger partial charge < -0.3 is 0 Å². The highest BCUT2D eigenvalue weighted by atomic mass is 14.2. The van der Waals surface area contributed by atoms with Crippen LogP contribution in [0.2, 0.25) is 0 Å². The molecule has 0 spiro atoms. The molecule has 0 amide bonds. The largest absolute Gasteiger partial charge is 0.192 e. The Morgan fingerprint density at radius 3 is 1.90 bits per heavy atom. The van der Waals surface area contributed by atoms with Crippen molar-refractivity contribution in [3.63, 3.8) is 0 Å². The van der Waals surface area contributed by atoms with Crippen molar-refractivity contribution in [2.75, 3.05) is 0 Å². The van der Waals surface area contributed by atoms with Gasteiger partial charge in [-0.05, 0) is 57.3 Å². The number of nitriles is 1. The molecule has 1 heteroatoms. The summed E-state index contributed by atoms with van der Waals surface area (Å²) in [6.45, 7) is 0. The first-order valence-corrected chi connectivity index (χ1v) is 6.60. The molecule has 92 valence electrons. The summed E-state index contributed by atoms with van der Waals surface area (Å²) < 4.78 is 0. The zero-order valence-corrected chi connectivity index (χ0v) is 10.8. The predicted octanol–water partition coefficient (Wildman–Crippen LogP) is 5.02. The molecule has 0 aliphatic carbocycles. The Morgan fingerprint density at radius 2 is 1.20 bits per heavy atom. The van der Waals surface area contributed by atoms with Gasteiger partial charge in [0, 0.05) is 5.39 Å². The lowest BCUT2D eigenvalue weighted by Crippen LogP contribution is -1.82. The Bertz CT molecular complexity index is 1010. The van der Waals surface area contributed by atoms with Crippen molar-refractivity contribution < 1.29 is 0 Å². The Kier molecular flexibility index (Phi) is 2.25. The van der Waals surface area contributed by atoms with Crippen LogP contribution in [0, 0.1) is 11.3 Å². The summed E-state index contributed by atoms with van der Waals surface area (Å²) in [5.74, 6) is 0. The van der Waals surface area contributed by atoms with Gasteiger partial charge in [0.1, 0.15) is 0 Å². The lowest BCUT2D eigenvalue weighted by Gasteiger charge is -2.06. The summed E-state index contributed by atoms with van der Waals surface area (Å²) >= 11 is 0. The summed E-state index contributed by atoms with van der Waals surface area (Å²) in [6, 6.07) is 25.2. The van der Waals surface area contributed by atoms with E-state index < -0.39 is 0 Å². The second-order valence-corrected chi connectivity index (χ2v) is 5.04. The van der Waals surface area contributed by atoms with Crippen LogP contribution in [-0.4, -0.2) is 0 Å². The Balaban J connectivity index is 2.19. The highest BCUT2D eigenvalue weighted by Gasteiger charge is 2.04. The van der Waals surface area contributed by atoms with Gasteiger partial charge in [0.15, 0.2) is 0 Å². The van der Waals surface area contributed by atoms with E-state index in [1.54, 1.807) is 0 Å². The molecule has 20 heavy (non-hydrogen) atoms. The minimum Gasteiger partial charge on any atom is -0.192 e. The lowest BCUT2D eigenvalue weighted by atomic mass is 9.98. The van der Waals surface area contributed by atoms with E-state index in [0.29, 0.717) is 0 Å². The first kappa shape index (κ1) is 11.0. The molecule has 0 bridgehead atoms. The minimum atomic E-state index is 0.734. The van der Waals surface area contributed by atoms with E-state index >= 15 is 0 Å². The van der Waals surface area contributed by atoms with Gasteiger partial charge in [0.05, 0.1) is 11.6 Å². The molecule has 0 aliphatic rings. The zero-order valence-electron chi connectivity index (χ0n) is 10.8. The van der Waals surface area contributed by atoms with Crippen LogP contribution in [0.15, 0.2) is 66.7 Å². The fourth-order valence-corrected chi connectivity index (χ4v) is 2.82. The highest BCUT2D eigenvalue weighted by Crippen LogP contribution is 2.28. The lowest BCUT2D eigenvalue weighted by molar-refractivity contribution is 1.51. The molecule has 0 saturated carbocycles. The average molecular weight is 253 g/mol. The van der Waals surface area contributed by atoms with Gasteiger partial charge in [-0.3, -0.25) is 0 Å². The zero-order chi connectivity index (χ0) is 13.5. The van der Waals surface area contributed by atoms with Gasteiger partial charge in [0.2, 0.25) is 0 Å². The minimum absolute atomic E-state index is 0.734. The second kappa shape index (κ2) is 4.08. The van der Waals surface area contributed by atoms with Crippen molar-refractivity contribution in [3.8, 4) is 6.07 Å². The quantitative estimate of drug-likeness (QED) is 0.404. The molecule has 4 rings (SSSR count). The maximum atomic E-state index is 9.23. The van der Waals surface area contributed by atoms with Crippen molar-refractivity contribution in [1.82, 2.24) is 0 Å². The predicted molar refractivity (Wildman–Crippen MR) is 83.7 cm³/mol. The van der Waals surface area contributed by atoms with Crippen LogP contribution in [0.5, 0.6) is 0 Å². The SMILES string of the molecule is N#Cc1cccc2cc3cc4ccccc4cc3cc12. The summed E-state index contributed by atoms with van der Waals surface area (Å²) in [4.78, 5) is 0. The summed E-state index contributed by atoms with van der Waals surface area (Å²) in [6.07, 6.45) is 0. The van der Waals surface area contributed by atoms with Gasteiger partial charge in [0.25, 0.3) is 0 Å². The molecule has 4 aromatic carbocycles. The molecular weight excluding hydrogens is 242 g/mol. The molecule has 0 radical (unpaired) electrons. The van der Waals surface area contributed by atoms with Crippen molar-refractivity contribution in [1.29, 1.82) is 5.26 Å². The second-order valence-electron chi connectivity index (χ2n) is 5.04. The van der Waals surface area contributed by atoms with Crippen molar-refractivity contribution in [2.24, 2.45) is 0 Å². The van der Waals surface area contributed by atoms with Crippen molar-refractivity contribution >= 4 is 32.3 Å². The van der Waals surface area contributed by atoms with E-state index in [1.165, 1.54) is 21.5 Å². The Hall–Kier alpha value is -2.85. The molecule has 0 heterocycles. The first-order valence-electron chi connectivity index (χ1n) is 6.60. The van der Waals surface area contributed by atoms with Gasteiger partial charge in [-0.15, -0.1) is 0 Å². The molecular formula is C19H11N. The molecule has 0 N–H and O–H groups in total. The van der Waals surface area contributed by atoms with Crippen LogP contribution >= 0.6 is 0 Å². The normalized spacial score (nSPS) is 10.9. The highest BCUT2D eigenvalue weighted by molar-refractivity contribution is 6.05. The number of hydrogen-bond acceptors (Lipinski definition) is 1. The van der Waals surface area contributed by atoms with Crippen LogP contribution in [-0.2, 0) is 0 Å². The number of hydrogen-bond donors (Lipinski definition) is 0. The van der Waals surface area contributed by atoms with E-state index in [1.807, 2.05) is 12.1 Å². The van der Waals surface area contributed by atoms with Crippen LogP contribution in [0.3, 0.4) is 0 Å². The first-order chi connectivity index (χ1) is 9.85. The molecule has 0 aromatic heterocycles. The third-order valence-corrected chi connectivity index (χ3v) is 3.82. The van der Waals surface area contributed by atoms with Crippen LogP contribution in [0.4, 0.5) is 0 Å². The average Bonchev–Trinajstić information content (AvgIpc) is 2.50. The Morgan fingerprint density at radius 1 is 0.600 bits per heavy atom. The van der Waals surface area contributed by atoms with Gasteiger partial charge in [-0.2, -0.15) is 5.26 Å². The maximum absolute atomic E-state index is 9.23. The maximum Gasteiger partial charge on any atom is 0.0998 e. The van der Waals surface area contributed by atoms with Gasteiger partial charge >= 0.3 is 0 Å². The number of rotatable bonds is 0. The molecule has 0 aliphatic heterocycles. The summed E-state index contributed by atoms with van der Waals surface area (Å²) in [5.41, 5.74) is 0.734. The molecule has 0 saturated heterocycles. The fourth-order valence-electron chi connectivity index (χ4n) is 2.82. The summed E-state index contributed by atoms with van der Waals surface area (Å²) in [7, 11) is 0. The van der Waals surface area contributed by atoms with Crippen LogP contribution in [0.25, 0.3) is 32.3 Å². The summed E-state index contributed by atoms with van der Waals surface area (Å²) in [5, 5.41) is 16.2. The number of benzene rings is 4. The van der Waals surface area contributed by atoms with Crippen molar-refractivity contribution in [3.05, 3.63) is 72.3 Å². The van der Waals surface area contributed by atoms with Gasteiger partial charge in [-0.1, -0.05) is 36.4 Å². The molecule has 0 fully saturated rings.